The number of fused-ring (bicyclic) bond motifs is 1. The molecule has 2 aromatic rings. The van der Waals surface area contributed by atoms with E-state index in [1.807, 2.05) is 19.1 Å². The van der Waals surface area contributed by atoms with Gasteiger partial charge in [0.05, 0.1) is 17.8 Å². The van der Waals surface area contributed by atoms with E-state index in [1.165, 1.54) is 36.8 Å². The van der Waals surface area contributed by atoms with Gasteiger partial charge >= 0.3 is 0 Å². The summed E-state index contributed by atoms with van der Waals surface area (Å²) in [6.45, 7) is 9.46. The minimum atomic E-state index is -0.0487. The summed E-state index contributed by atoms with van der Waals surface area (Å²) in [5, 5.41) is 7.68. The number of benzene rings is 1. The molecule has 0 atom stereocenters. The van der Waals surface area contributed by atoms with E-state index in [4.69, 9.17) is 0 Å². The predicted octanol–water partition coefficient (Wildman–Crippen LogP) is 4.53. The molecule has 1 fully saturated rings. The number of hydrogen-bond acceptors (Lipinski definition) is 3. The minimum absolute atomic E-state index is 0.0487. The van der Waals surface area contributed by atoms with Crippen molar-refractivity contribution in [3.05, 3.63) is 46.8 Å². The molecule has 5 nitrogen and oxygen atoms in total. The van der Waals surface area contributed by atoms with Crippen LogP contribution in [-0.2, 0) is 13.1 Å². The van der Waals surface area contributed by atoms with Crippen LogP contribution in [0.4, 0.5) is 5.69 Å². The fourth-order valence-electron chi connectivity index (χ4n) is 4.61. The second kappa shape index (κ2) is 7.47. The van der Waals surface area contributed by atoms with Gasteiger partial charge in [-0.2, -0.15) is 5.10 Å². The largest absolute Gasteiger partial charge is 0.322 e. The first-order valence-corrected chi connectivity index (χ1v) is 10.2. The molecule has 1 aliphatic heterocycles. The van der Waals surface area contributed by atoms with Crippen LogP contribution in [0.25, 0.3) is 0 Å². The Balaban J connectivity index is 1.51. The maximum absolute atomic E-state index is 12.9. The third kappa shape index (κ3) is 3.65. The number of rotatable bonds is 5. The molecule has 1 aliphatic carbocycles. The zero-order chi connectivity index (χ0) is 19.0. The molecule has 2 aliphatic rings. The fourth-order valence-corrected chi connectivity index (χ4v) is 4.61. The average Bonchev–Trinajstić information content (AvgIpc) is 3.33. The molecule has 0 radical (unpaired) electrons. The Labute approximate surface area is 161 Å². The van der Waals surface area contributed by atoms with Crippen molar-refractivity contribution in [2.75, 3.05) is 11.9 Å². The first-order valence-electron chi connectivity index (χ1n) is 10.2. The Hall–Kier alpha value is -2.14. The smallest absolute Gasteiger partial charge is 0.259 e. The lowest BCUT2D eigenvalue weighted by atomic mass is 10.1. The quantitative estimate of drug-likeness (QED) is 0.846. The molecular formula is C22H30N4O. The normalized spacial score (nSPS) is 17.6. The lowest BCUT2D eigenvalue weighted by molar-refractivity contribution is 0.102. The summed E-state index contributed by atoms with van der Waals surface area (Å²) >= 11 is 0. The molecule has 5 heteroatoms. The van der Waals surface area contributed by atoms with Crippen LogP contribution in [0, 0.1) is 12.8 Å². The molecule has 1 amide bonds. The summed E-state index contributed by atoms with van der Waals surface area (Å²) in [6, 6.07) is 6.69. The standard InChI is InChI=1S/C22H30N4O/c1-15(2)12-25-13-17-7-6-10-21(20(17)14-25)24-22(27)19-11-23-26(16(19)3)18-8-4-5-9-18/h6-7,10-11,15,18H,4-5,8-9,12-14H2,1-3H3,(H,24,27). The third-order valence-corrected chi connectivity index (χ3v) is 5.88. The van der Waals surface area contributed by atoms with Gasteiger partial charge in [-0.15, -0.1) is 0 Å². The summed E-state index contributed by atoms with van der Waals surface area (Å²) in [4.78, 5) is 15.4. The van der Waals surface area contributed by atoms with Crippen molar-refractivity contribution in [3.63, 3.8) is 0 Å². The van der Waals surface area contributed by atoms with Crippen LogP contribution in [0.1, 0.15) is 72.8 Å². The van der Waals surface area contributed by atoms with E-state index in [0.717, 1.165) is 31.0 Å². The highest BCUT2D eigenvalue weighted by atomic mass is 16.1. The Kier molecular flexibility index (Phi) is 5.04. The van der Waals surface area contributed by atoms with Gasteiger partial charge in [0.1, 0.15) is 0 Å². The van der Waals surface area contributed by atoms with Crippen LogP contribution >= 0.6 is 0 Å². The molecule has 1 N–H and O–H groups in total. The summed E-state index contributed by atoms with van der Waals surface area (Å²) in [5.41, 5.74) is 5.20. The van der Waals surface area contributed by atoms with Crippen LogP contribution in [0.5, 0.6) is 0 Å². The van der Waals surface area contributed by atoms with Crippen molar-refractivity contribution in [2.24, 2.45) is 5.92 Å². The van der Waals surface area contributed by atoms with Crippen LogP contribution < -0.4 is 5.32 Å². The van der Waals surface area contributed by atoms with Crippen molar-refractivity contribution in [3.8, 4) is 0 Å². The molecule has 1 saturated carbocycles. The number of nitrogens with zero attached hydrogens (tertiary/aromatic N) is 3. The van der Waals surface area contributed by atoms with Gasteiger partial charge in [-0.05, 0) is 42.9 Å². The first-order chi connectivity index (χ1) is 13.0. The number of anilines is 1. The topological polar surface area (TPSA) is 50.2 Å². The van der Waals surface area contributed by atoms with E-state index in [0.29, 0.717) is 17.5 Å². The van der Waals surface area contributed by atoms with E-state index in [9.17, 15) is 4.79 Å². The monoisotopic (exact) mass is 366 g/mol. The highest BCUT2D eigenvalue weighted by molar-refractivity contribution is 6.05. The Morgan fingerprint density at radius 1 is 1.26 bits per heavy atom. The predicted molar refractivity (Wildman–Crippen MR) is 108 cm³/mol. The maximum atomic E-state index is 12.9. The summed E-state index contributed by atoms with van der Waals surface area (Å²) in [6.07, 6.45) is 6.59. The van der Waals surface area contributed by atoms with Crippen molar-refractivity contribution in [1.82, 2.24) is 14.7 Å². The van der Waals surface area contributed by atoms with Gasteiger partial charge in [-0.3, -0.25) is 14.4 Å². The zero-order valence-corrected chi connectivity index (χ0v) is 16.7. The van der Waals surface area contributed by atoms with Gasteiger partial charge in [0.2, 0.25) is 0 Å². The maximum Gasteiger partial charge on any atom is 0.259 e. The highest BCUT2D eigenvalue weighted by Crippen LogP contribution is 2.32. The van der Waals surface area contributed by atoms with Gasteiger partial charge in [0.25, 0.3) is 5.91 Å². The van der Waals surface area contributed by atoms with Crippen LogP contribution in [0.2, 0.25) is 0 Å². The Morgan fingerprint density at radius 2 is 2.04 bits per heavy atom. The van der Waals surface area contributed by atoms with E-state index < -0.39 is 0 Å². The van der Waals surface area contributed by atoms with Crippen LogP contribution in [0.3, 0.4) is 0 Å². The van der Waals surface area contributed by atoms with E-state index in [1.54, 1.807) is 6.20 Å². The average molecular weight is 367 g/mol. The van der Waals surface area contributed by atoms with Crippen LogP contribution in [0.15, 0.2) is 24.4 Å². The second-order valence-corrected chi connectivity index (χ2v) is 8.49. The summed E-state index contributed by atoms with van der Waals surface area (Å²) in [7, 11) is 0. The Bertz CT molecular complexity index is 833. The molecular weight excluding hydrogens is 336 g/mol. The molecule has 0 saturated heterocycles. The fraction of sp³-hybridized carbons (Fsp3) is 0.545. The summed E-state index contributed by atoms with van der Waals surface area (Å²) < 4.78 is 2.06. The van der Waals surface area contributed by atoms with Gasteiger partial charge < -0.3 is 5.32 Å². The summed E-state index contributed by atoms with van der Waals surface area (Å²) in [5.74, 6) is 0.592. The van der Waals surface area contributed by atoms with E-state index in [-0.39, 0.29) is 5.91 Å². The molecule has 2 heterocycles. The zero-order valence-electron chi connectivity index (χ0n) is 16.7. The van der Waals surface area contributed by atoms with E-state index in [2.05, 4.69) is 39.9 Å². The first kappa shape index (κ1) is 18.2. The molecule has 1 aromatic carbocycles. The van der Waals surface area contributed by atoms with Crippen molar-refractivity contribution >= 4 is 11.6 Å². The molecule has 0 unspecified atom stereocenters. The molecule has 0 spiro atoms. The minimum Gasteiger partial charge on any atom is -0.322 e. The third-order valence-electron chi connectivity index (χ3n) is 5.88. The lowest BCUT2D eigenvalue weighted by Crippen LogP contribution is -2.21. The molecule has 0 bridgehead atoms. The molecule has 144 valence electrons. The number of hydrogen-bond donors (Lipinski definition) is 1. The highest BCUT2D eigenvalue weighted by Gasteiger charge is 2.25. The van der Waals surface area contributed by atoms with Gasteiger partial charge in [0, 0.05) is 31.0 Å². The van der Waals surface area contributed by atoms with Crippen molar-refractivity contribution in [1.29, 1.82) is 0 Å². The number of amides is 1. The second-order valence-electron chi connectivity index (χ2n) is 8.49. The number of nitrogens with one attached hydrogen (secondary N) is 1. The SMILES string of the molecule is Cc1c(C(=O)Nc2cccc3c2CN(CC(C)C)C3)cnn1C1CCCC1. The van der Waals surface area contributed by atoms with Gasteiger partial charge in [0.15, 0.2) is 0 Å². The van der Waals surface area contributed by atoms with Gasteiger partial charge in [-0.1, -0.05) is 38.8 Å². The van der Waals surface area contributed by atoms with Crippen molar-refractivity contribution < 1.29 is 4.79 Å². The van der Waals surface area contributed by atoms with Gasteiger partial charge in [-0.25, -0.2) is 0 Å². The van der Waals surface area contributed by atoms with Crippen LogP contribution in [-0.4, -0.2) is 27.1 Å². The lowest BCUT2D eigenvalue weighted by Gasteiger charge is -2.17. The molecule has 1 aromatic heterocycles. The number of carbonyl (C=O) groups excluding carboxylic acids is 1. The number of aromatic nitrogens is 2. The number of carbonyl (C=O) groups is 1. The Morgan fingerprint density at radius 3 is 2.78 bits per heavy atom. The molecule has 27 heavy (non-hydrogen) atoms. The van der Waals surface area contributed by atoms with Crippen molar-refractivity contribution in [2.45, 2.75) is 65.6 Å². The molecule has 4 rings (SSSR count). The van der Waals surface area contributed by atoms with E-state index >= 15 is 0 Å².